The summed E-state index contributed by atoms with van der Waals surface area (Å²) >= 11 is 0. The molecule has 7 nitrogen and oxygen atoms in total. The Hall–Kier alpha value is -3.19. The third-order valence-corrected chi connectivity index (χ3v) is 4.34. The Labute approximate surface area is 164 Å². The molecular formula is C21H24N4O3. The van der Waals surface area contributed by atoms with Crippen molar-refractivity contribution in [1.29, 1.82) is 0 Å². The summed E-state index contributed by atoms with van der Waals surface area (Å²) in [6, 6.07) is 13.6. The third-order valence-electron chi connectivity index (χ3n) is 4.34. The number of aryl methyl sites for hydroxylation is 2. The summed E-state index contributed by atoms with van der Waals surface area (Å²) in [5.41, 5.74) is 4.79. The molecular weight excluding hydrogens is 356 g/mol. The Morgan fingerprint density at radius 1 is 1.11 bits per heavy atom. The second-order valence-corrected chi connectivity index (χ2v) is 6.57. The minimum absolute atomic E-state index is 0.220. The van der Waals surface area contributed by atoms with Crippen molar-refractivity contribution < 1.29 is 14.3 Å². The zero-order valence-corrected chi connectivity index (χ0v) is 16.5. The van der Waals surface area contributed by atoms with E-state index in [2.05, 4.69) is 21.7 Å². The number of methoxy groups -OCH3 is 2. The lowest BCUT2D eigenvalue weighted by Crippen LogP contribution is -2.25. The second kappa shape index (κ2) is 8.67. The van der Waals surface area contributed by atoms with E-state index in [4.69, 9.17) is 9.47 Å². The Balaban J connectivity index is 1.87. The van der Waals surface area contributed by atoms with Crippen LogP contribution >= 0.6 is 0 Å². The first-order chi connectivity index (χ1) is 13.5. The van der Waals surface area contributed by atoms with Gasteiger partial charge in [-0.2, -0.15) is 0 Å². The quantitative estimate of drug-likeness (QED) is 0.682. The molecule has 3 rings (SSSR count). The molecule has 3 aromatic rings. The maximum Gasteiger partial charge on any atom is 0.274 e. The van der Waals surface area contributed by atoms with E-state index in [1.54, 1.807) is 18.9 Å². The second-order valence-electron chi connectivity index (χ2n) is 6.57. The predicted octanol–water partition coefficient (Wildman–Crippen LogP) is 2.97. The number of hydrogen-bond acceptors (Lipinski definition) is 5. The molecule has 0 saturated carbocycles. The summed E-state index contributed by atoms with van der Waals surface area (Å²) in [6.07, 6.45) is 0. The minimum atomic E-state index is -0.311. The molecule has 1 aromatic heterocycles. The molecule has 1 amide bonds. The summed E-state index contributed by atoms with van der Waals surface area (Å²) < 4.78 is 12.3. The number of nitrogens with one attached hydrogen (secondary N) is 1. The molecule has 0 spiro atoms. The van der Waals surface area contributed by atoms with Gasteiger partial charge in [0.25, 0.3) is 5.91 Å². The standard InChI is InChI=1S/C21H24N4O3/c1-14-9-15(2)11-17(10-14)25-18(13-27-3)20(23-24-25)21(26)22-12-16-7-5-6-8-19(16)28-4/h5-11H,12-13H2,1-4H3,(H,22,26). The SMILES string of the molecule is COCc1c(C(=O)NCc2ccccc2OC)nnn1-c1cc(C)cc(C)c1. The number of rotatable bonds is 7. The third kappa shape index (κ3) is 4.20. The number of hydrogen-bond donors (Lipinski definition) is 1. The van der Waals surface area contributed by atoms with Crippen LogP contribution in [0, 0.1) is 13.8 Å². The highest BCUT2D eigenvalue weighted by atomic mass is 16.5. The van der Waals surface area contributed by atoms with Crippen LogP contribution in [-0.4, -0.2) is 35.1 Å². The minimum Gasteiger partial charge on any atom is -0.496 e. The van der Waals surface area contributed by atoms with Crippen LogP contribution in [0.2, 0.25) is 0 Å². The largest absolute Gasteiger partial charge is 0.496 e. The molecule has 0 aliphatic rings. The lowest BCUT2D eigenvalue weighted by atomic mass is 10.1. The first-order valence-corrected chi connectivity index (χ1v) is 8.95. The van der Waals surface area contributed by atoms with E-state index in [-0.39, 0.29) is 18.2 Å². The van der Waals surface area contributed by atoms with Gasteiger partial charge >= 0.3 is 0 Å². The molecule has 7 heteroatoms. The molecule has 2 aromatic carbocycles. The van der Waals surface area contributed by atoms with Gasteiger partial charge in [0.15, 0.2) is 5.69 Å². The van der Waals surface area contributed by atoms with E-state index in [0.717, 1.165) is 28.1 Å². The van der Waals surface area contributed by atoms with E-state index in [0.29, 0.717) is 12.2 Å². The predicted molar refractivity (Wildman–Crippen MR) is 106 cm³/mol. The maximum absolute atomic E-state index is 12.8. The van der Waals surface area contributed by atoms with Crippen LogP contribution in [0.1, 0.15) is 32.9 Å². The molecule has 0 radical (unpaired) electrons. The van der Waals surface area contributed by atoms with Gasteiger partial charge in [-0.1, -0.05) is 29.5 Å². The summed E-state index contributed by atoms with van der Waals surface area (Å²) in [5.74, 6) is 0.410. The molecule has 0 unspecified atom stereocenters. The monoisotopic (exact) mass is 380 g/mol. The van der Waals surface area contributed by atoms with Crippen molar-refractivity contribution >= 4 is 5.91 Å². The fraction of sp³-hybridized carbons (Fsp3) is 0.286. The summed E-state index contributed by atoms with van der Waals surface area (Å²) in [6.45, 7) is 4.58. The molecule has 0 aliphatic heterocycles. The molecule has 1 heterocycles. The molecule has 0 aliphatic carbocycles. The molecule has 0 bridgehead atoms. The first-order valence-electron chi connectivity index (χ1n) is 8.95. The number of carbonyl (C=O) groups is 1. The van der Waals surface area contributed by atoms with Crippen molar-refractivity contribution in [2.45, 2.75) is 27.0 Å². The molecule has 0 saturated heterocycles. The Morgan fingerprint density at radius 3 is 2.50 bits per heavy atom. The molecule has 0 fully saturated rings. The maximum atomic E-state index is 12.8. The van der Waals surface area contributed by atoms with Gasteiger partial charge in [-0.3, -0.25) is 4.79 Å². The molecule has 0 atom stereocenters. The topological polar surface area (TPSA) is 78.3 Å². The number of para-hydroxylation sites is 1. The zero-order valence-electron chi connectivity index (χ0n) is 16.5. The van der Waals surface area contributed by atoms with Gasteiger partial charge in [-0.15, -0.1) is 5.10 Å². The van der Waals surface area contributed by atoms with Crippen LogP contribution in [0.5, 0.6) is 5.75 Å². The van der Waals surface area contributed by atoms with E-state index in [9.17, 15) is 4.79 Å². The average Bonchev–Trinajstić information content (AvgIpc) is 3.09. The van der Waals surface area contributed by atoms with Crippen LogP contribution < -0.4 is 10.1 Å². The number of carbonyl (C=O) groups excluding carboxylic acids is 1. The normalized spacial score (nSPS) is 10.7. The van der Waals surface area contributed by atoms with E-state index >= 15 is 0 Å². The lowest BCUT2D eigenvalue weighted by Gasteiger charge is -2.10. The summed E-state index contributed by atoms with van der Waals surface area (Å²) in [5, 5.41) is 11.2. The average molecular weight is 380 g/mol. The fourth-order valence-corrected chi connectivity index (χ4v) is 3.13. The Kier molecular flexibility index (Phi) is 6.06. The Bertz CT molecular complexity index is 961. The van der Waals surface area contributed by atoms with Crippen LogP contribution in [0.3, 0.4) is 0 Å². The van der Waals surface area contributed by atoms with Crippen LogP contribution in [-0.2, 0) is 17.9 Å². The van der Waals surface area contributed by atoms with Gasteiger partial charge in [-0.25, -0.2) is 4.68 Å². The van der Waals surface area contributed by atoms with Gasteiger partial charge in [0, 0.05) is 19.2 Å². The van der Waals surface area contributed by atoms with Gasteiger partial charge in [0.2, 0.25) is 0 Å². The van der Waals surface area contributed by atoms with Crippen LogP contribution in [0.4, 0.5) is 0 Å². The van der Waals surface area contributed by atoms with Gasteiger partial charge in [0.1, 0.15) is 11.4 Å². The number of amides is 1. The van der Waals surface area contributed by atoms with E-state index in [1.807, 2.05) is 50.2 Å². The van der Waals surface area contributed by atoms with E-state index in [1.165, 1.54) is 0 Å². The van der Waals surface area contributed by atoms with Crippen molar-refractivity contribution in [3.05, 3.63) is 70.5 Å². The fourth-order valence-electron chi connectivity index (χ4n) is 3.13. The highest BCUT2D eigenvalue weighted by Gasteiger charge is 2.21. The first kappa shape index (κ1) is 19.6. The van der Waals surface area contributed by atoms with Crippen molar-refractivity contribution in [3.63, 3.8) is 0 Å². The highest BCUT2D eigenvalue weighted by Crippen LogP contribution is 2.19. The molecule has 1 N–H and O–H groups in total. The molecule has 146 valence electrons. The van der Waals surface area contributed by atoms with Crippen molar-refractivity contribution in [2.24, 2.45) is 0 Å². The van der Waals surface area contributed by atoms with Gasteiger partial charge in [0.05, 0.1) is 19.4 Å². The molecule has 28 heavy (non-hydrogen) atoms. The Morgan fingerprint density at radius 2 is 1.82 bits per heavy atom. The summed E-state index contributed by atoms with van der Waals surface area (Å²) in [4.78, 5) is 12.8. The number of benzene rings is 2. The van der Waals surface area contributed by atoms with Crippen molar-refractivity contribution in [2.75, 3.05) is 14.2 Å². The number of ether oxygens (including phenoxy) is 2. The van der Waals surface area contributed by atoms with Crippen LogP contribution in [0.25, 0.3) is 5.69 Å². The van der Waals surface area contributed by atoms with Crippen molar-refractivity contribution in [1.82, 2.24) is 20.3 Å². The smallest absolute Gasteiger partial charge is 0.274 e. The summed E-state index contributed by atoms with van der Waals surface area (Å²) in [7, 11) is 3.18. The number of nitrogens with zero attached hydrogens (tertiary/aromatic N) is 3. The van der Waals surface area contributed by atoms with Gasteiger partial charge in [-0.05, 0) is 43.2 Å². The zero-order chi connectivity index (χ0) is 20.1. The van der Waals surface area contributed by atoms with Crippen molar-refractivity contribution in [3.8, 4) is 11.4 Å². The van der Waals surface area contributed by atoms with Crippen LogP contribution in [0.15, 0.2) is 42.5 Å². The van der Waals surface area contributed by atoms with E-state index < -0.39 is 0 Å². The number of aromatic nitrogens is 3. The van der Waals surface area contributed by atoms with Gasteiger partial charge < -0.3 is 14.8 Å². The lowest BCUT2D eigenvalue weighted by molar-refractivity contribution is 0.0940. The highest BCUT2D eigenvalue weighted by molar-refractivity contribution is 5.93.